The Morgan fingerprint density at radius 2 is 1.78 bits per heavy atom. The lowest BCUT2D eigenvalue weighted by molar-refractivity contribution is -0.165. The van der Waals surface area contributed by atoms with Gasteiger partial charge in [0.1, 0.15) is 35.6 Å². The summed E-state index contributed by atoms with van der Waals surface area (Å²) in [6, 6.07) is 2.83. The number of hydrogen-bond acceptors (Lipinski definition) is 6. The Hall–Kier alpha value is -3.05. The van der Waals surface area contributed by atoms with E-state index in [1.54, 1.807) is 0 Å². The number of methoxy groups -OCH3 is 1. The van der Waals surface area contributed by atoms with Gasteiger partial charge in [-0.2, -0.15) is 13.2 Å². The Kier molecular flexibility index (Phi) is 9.94. The van der Waals surface area contributed by atoms with Crippen LogP contribution in [0.25, 0.3) is 11.1 Å². The van der Waals surface area contributed by atoms with Crippen molar-refractivity contribution in [2.75, 3.05) is 20.5 Å². The van der Waals surface area contributed by atoms with E-state index in [1.807, 2.05) is 0 Å². The molecule has 36 heavy (non-hydrogen) atoms. The molecule has 0 heterocycles. The predicted molar refractivity (Wildman–Crippen MR) is 122 cm³/mol. The van der Waals surface area contributed by atoms with Crippen molar-refractivity contribution < 1.29 is 45.8 Å². The van der Waals surface area contributed by atoms with Gasteiger partial charge in [0.05, 0.1) is 6.61 Å². The minimum absolute atomic E-state index is 0.114. The van der Waals surface area contributed by atoms with Crippen molar-refractivity contribution in [2.45, 2.75) is 51.1 Å². The van der Waals surface area contributed by atoms with E-state index in [1.165, 1.54) is 32.2 Å². The number of benzene rings is 2. The van der Waals surface area contributed by atoms with E-state index in [-0.39, 0.29) is 35.8 Å². The number of nitrogens with one attached hydrogen (secondary N) is 1. The van der Waals surface area contributed by atoms with Crippen LogP contribution in [0.1, 0.15) is 49.2 Å². The summed E-state index contributed by atoms with van der Waals surface area (Å²) >= 11 is 0. The minimum Gasteiger partial charge on any atom is -0.467 e. The second-order valence-electron chi connectivity index (χ2n) is 8.53. The van der Waals surface area contributed by atoms with E-state index in [9.17, 15) is 27.2 Å². The number of ether oxygens (including phenoxy) is 3. The van der Waals surface area contributed by atoms with E-state index in [0.717, 1.165) is 26.0 Å². The molecular weight excluding hydrogens is 489 g/mol. The molecule has 0 bridgehead atoms. The van der Waals surface area contributed by atoms with Crippen LogP contribution in [0.4, 0.5) is 22.0 Å². The first-order valence-corrected chi connectivity index (χ1v) is 11.0. The average molecular weight is 517 g/mol. The number of esters is 1. The molecule has 0 amide bonds. The Bertz CT molecular complexity index is 1050. The quantitative estimate of drug-likeness (QED) is 0.172. The van der Waals surface area contributed by atoms with Crippen molar-refractivity contribution in [3.05, 3.63) is 53.3 Å². The van der Waals surface area contributed by atoms with Crippen LogP contribution in [0.2, 0.25) is 0 Å². The van der Waals surface area contributed by atoms with Crippen LogP contribution in [0.3, 0.4) is 0 Å². The van der Waals surface area contributed by atoms with Crippen LogP contribution < -0.4 is 10.1 Å². The van der Waals surface area contributed by atoms with Crippen LogP contribution in [0, 0.1) is 5.82 Å². The van der Waals surface area contributed by atoms with Gasteiger partial charge in [-0.15, -0.1) is 0 Å². The number of aldehydes is 1. The monoisotopic (exact) mass is 517 g/mol. The molecule has 2 aromatic rings. The highest BCUT2D eigenvalue weighted by molar-refractivity contribution is 5.82. The van der Waals surface area contributed by atoms with E-state index < -0.39 is 47.7 Å². The Morgan fingerprint density at radius 3 is 2.31 bits per heavy atom. The summed E-state index contributed by atoms with van der Waals surface area (Å²) in [5, 5.41) is 2.10. The number of carbonyl (C=O) groups is 2. The summed E-state index contributed by atoms with van der Waals surface area (Å²) < 4.78 is 86.5. The summed E-state index contributed by atoms with van der Waals surface area (Å²) in [7, 11) is 1.37. The topological polar surface area (TPSA) is 73.9 Å². The molecule has 11 heteroatoms. The highest BCUT2D eigenvalue weighted by Crippen LogP contribution is 2.38. The number of rotatable bonds is 12. The lowest BCUT2D eigenvalue weighted by Gasteiger charge is -2.29. The van der Waals surface area contributed by atoms with Gasteiger partial charge in [0.15, 0.2) is 6.79 Å². The largest absolute Gasteiger partial charge is 0.467 e. The molecule has 6 nitrogen and oxygen atoms in total. The third-order valence-electron chi connectivity index (χ3n) is 5.04. The number of carbonyl (C=O) groups excluding carboxylic acids is 2. The lowest BCUT2D eigenvalue weighted by atomic mass is 9.96. The van der Waals surface area contributed by atoms with Gasteiger partial charge in [0.25, 0.3) is 0 Å². The van der Waals surface area contributed by atoms with Crippen molar-refractivity contribution in [3.8, 4) is 16.9 Å². The van der Waals surface area contributed by atoms with E-state index in [2.05, 4.69) is 5.32 Å². The predicted octanol–water partition coefficient (Wildman–Crippen LogP) is 5.55. The van der Waals surface area contributed by atoms with Crippen molar-refractivity contribution in [2.24, 2.45) is 0 Å². The van der Waals surface area contributed by atoms with Crippen molar-refractivity contribution in [3.63, 3.8) is 0 Å². The first-order chi connectivity index (χ1) is 16.8. The fourth-order valence-corrected chi connectivity index (χ4v) is 3.53. The van der Waals surface area contributed by atoms with Gasteiger partial charge >= 0.3 is 12.1 Å². The van der Waals surface area contributed by atoms with Crippen molar-refractivity contribution in [1.29, 1.82) is 0 Å². The van der Waals surface area contributed by atoms with Crippen LogP contribution in [-0.2, 0) is 14.3 Å². The van der Waals surface area contributed by atoms with Crippen molar-refractivity contribution >= 4 is 12.3 Å². The van der Waals surface area contributed by atoms with Gasteiger partial charge < -0.3 is 14.2 Å². The Balaban J connectivity index is 2.51. The molecule has 0 aliphatic rings. The zero-order chi connectivity index (χ0) is 27.1. The fourth-order valence-electron chi connectivity index (χ4n) is 3.53. The lowest BCUT2D eigenvalue weighted by Crippen LogP contribution is -2.47. The SMILES string of the molecule is CCOC(=O)C(CC(C)(C)F)NC(c1ccc(-c2cc(C=O)ccc2OCOC)c(F)c1)C(F)(F)F. The summed E-state index contributed by atoms with van der Waals surface area (Å²) in [4.78, 5) is 23.5. The van der Waals surface area contributed by atoms with Gasteiger partial charge in [-0.1, -0.05) is 12.1 Å². The Morgan fingerprint density at radius 1 is 1.08 bits per heavy atom. The third kappa shape index (κ3) is 7.99. The zero-order valence-corrected chi connectivity index (χ0v) is 20.2. The highest BCUT2D eigenvalue weighted by Gasteiger charge is 2.44. The molecule has 0 radical (unpaired) electrons. The molecule has 0 aliphatic carbocycles. The molecule has 0 saturated carbocycles. The molecule has 1 N–H and O–H groups in total. The third-order valence-corrected chi connectivity index (χ3v) is 5.04. The first kappa shape index (κ1) is 29.2. The standard InChI is InChI=1S/C25H28F5NO5/c1-5-35-23(33)20(12-24(2,3)27)31-22(25(28,29)30)16-7-8-17(19(26)11-16)18-10-15(13-32)6-9-21(18)36-14-34-4/h6-11,13,20,22,31H,5,12,14H2,1-4H3. The maximum Gasteiger partial charge on any atom is 0.407 e. The van der Waals surface area contributed by atoms with Gasteiger partial charge in [0.2, 0.25) is 0 Å². The van der Waals surface area contributed by atoms with Gasteiger partial charge in [-0.25, -0.2) is 8.78 Å². The average Bonchev–Trinajstić information content (AvgIpc) is 2.79. The highest BCUT2D eigenvalue weighted by atomic mass is 19.4. The maximum atomic E-state index is 15.2. The van der Waals surface area contributed by atoms with Gasteiger partial charge in [-0.3, -0.25) is 14.9 Å². The molecule has 0 saturated heterocycles. The molecule has 2 unspecified atom stereocenters. The Labute approximate surface area is 205 Å². The number of halogens is 5. The molecule has 0 aliphatic heterocycles. The smallest absolute Gasteiger partial charge is 0.407 e. The minimum atomic E-state index is -4.96. The maximum absolute atomic E-state index is 15.2. The summed E-state index contributed by atoms with van der Waals surface area (Å²) in [5.74, 6) is -1.94. The molecule has 0 fully saturated rings. The van der Waals surface area contributed by atoms with Crippen LogP contribution in [-0.4, -0.2) is 50.7 Å². The fraction of sp³-hybridized carbons (Fsp3) is 0.440. The second kappa shape index (κ2) is 12.3. The molecule has 2 rings (SSSR count). The number of alkyl halides is 4. The summed E-state index contributed by atoms with van der Waals surface area (Å²) in [5.41, 5.74) is -2.33. The molecule has 2 atom stereocenters. The van der Waals surface area contributed by atoms with Crippen LogP contribution in [0.15, 0.2) is 36.4 Å². The van der Waals surface area contributed by atoms with Gasteiger partial charge in [0, 0.05) is 30.2 Å². The van der Waals surface area contributed by atoms with E-state index >= 15 is 4.39 Å². The van der Waals surface area contributed by atoms with E-state index in [4.69, 9.17) is 14.2 Å². The molecule has 198 valence electrons. The normalized spacial score (nSPS) is 13.7. The van der Waals surface area contributed by atoms with Crippen LogP contribution >= 0.6 is 0 Å². The molecule has 0 aromatic heterocycles. The molecular formula is C25H28F5NO5. The zero-order valence-electron chi connectivity index (χ0n) is 20.2. The molecule has 2 aromatic carbocycles. The van der Waals surface area contributed by atoms with Crippen LogP contribution in [0.5, 0.6) is 5.75 Å². The molecule has 0 spiro atoms. The van der Waals surface area contributed by atoms with Crippen molar-refractivity contribution in [1.82, 2.24) is 5.32 Å². The van der Waals surface area contributed by atoms with E-state index in [0.29, 0.717) is 12.4 Å². The number of hydrogen-bond donors (Lipinski definition) is 1. The first-order valence-electron chi connectivity index (χ1n) is 11.0. The summed E-state index contributed by atoms with van der Waals surface area (Å²) in [6.07, 6.45) is -5.03. The summed E-state index contributed by atoms with van der Waals surface area (Å²) in [6.45, 7) is 3.41. The van der Waals surface area contributed by atoms with Gasteiger partial charge in [-0.05, 0) is 50.6 Å². The second-order valence-corrected chi connectivity index (χ2v) is 8.53.